The number of hydrogen-bond acceptors (Lipinski definition) is 3. The van der Waals surface area contributed by atoms with Gasteiger partial charge >= 0.3 is 0 Å². The van der Waals surface area contributed by atoms with Crippen LogP contribution in [0.1, 0.15) is 18.4 Å². The van der Waals surface area contributed by atoms with Crippen LogP contribution in [-0.4, -0.2) is 51.8 Å². The summed E-state index contributed by atoms with van der Waals surface area (Å²) in [6.45, 7) is 5.51. The van der Waals surface area contributed by atoms with Gasteiger partial charge in [0.25, 0.3) is 0 Å². The summed E-state index contributed by atoms with van der Waals surface area (Å²) in [4.78, 5) is 4.97. The van der Waals surface area contributed by atoms with Crippen molar-refractivity contribution in [3.8, 4) is 0 Å². The lowest BCUT2D eigenvalue weighted by Crippen LogP contribution is -2.45. The van der Waals surface area contributed by atoms with E-state index in [-0.39, 0.29) is 0 Å². The van der Waals surface area contributed by atoms with E-state index in [0.717, 1.165) is 13.2 Å². The van der Waals surface area contributed by atoms with Gasteiger partial charge < -0.3 is 14.5 Å². The number of likely N-dealkylation sites (tertiary alicyclic amines) is 1. The van der Waals surface area contributed by atoms with Gasteiger partial charge in [0.05, 0.1) is 6.61 Å². The summed E-state index contributed by atoms with van der Waals surface area (Å²) in [6.07, 6.45) is 2.55. The average molecular weight is 260 g/mol. The molecule has 3 heteroatoms. The van der Waals surface area contributed by atoms with Crippen LogP contribution in [0.15, 0.2) is 24.3 Å². The van der Waals surface area contributed by atoms with Crippen LogP contribution >= 0.6 is 0 Å². The van der Waals surface area contributed by atoms with Crippen LogP contribution in [0.2, 0.25) is 0 Å². The van der Waals surface area contributed by atoms with Crippen LogP contribution in [-0.2, 0) is 10.2 Å². The molecule has 0 bridgehead atoms. The van der Waals surface area contributed by atoms with Gasteiger partial charge in [-0.1, -0.05) is 18.2 Å². The predicted octanol–water partition coefficient (Wildman–Crippen LogP) is 2.12. The molecular weight excluding hydrogens is 236 g/mol. The molecule has 0 atom stereocenters. The number of methoxy groups -OCH3 is 1. The summed E-state index contributed by atoms with van der Waals surface area (Å²) >= 11 is 0. The molecule has 2 aliphatic heterocycles. The summed E-state index contributed by atoms with van der Waals surface area (Å²) in [6, 6.07) is 8.95. The van der Waals surface area contributed by atoms with E-state index in [4.69, 9.17) is 4.74 Å². The maximum Gasteiger partial charge on any atom is 0.0589 e. The van der Waals surface area contributed by atoms with Crippen molar-refractivity contribution in [2.75, 3.05) is 51.8 Å². The number of ether oxygens (including phenoxy) is 1. The highest BCUT2D eigenvalue weighted by atomic mass is 16.5. The number of hydrogen-bond donors (Lipinski definition) is 0. The smallest absolute Gasteiger partial charge is 0.0589 e. The zero-order chi connectivity index (χ0) is 13.3. The number of nitrogens with zero attached hydrogens (tertiary/aromatic N) is 2. The van der Waals surface area contributed by atoms with Crippen molar-refractivity contribution in [1.29, 1.82) is 0 Å². The van der Waals surface area contributed by atoms with Crippen molar-refractivity contribution in [1.82, 2.24) is 4.90 Å². The fourth-order valence-electron chi connectivity index (χ4n) is 3.73. The molecule has 0 N–H and O–H groups in total. The molecule has 104 valence electrons. The third kappa shape index (κ3) is 2.26. The Labute approximate surface area is 116 Å². The van der Waals surface area contributed by atoms with Crippen LogP contribution in [0.4, 0.5) is 5.69 Å². The average Bonchev–Trinajstić information content (AvgIpc) is 2.72. The van der Waals surface area contributed by atoms with Gasteiger partial charge in [0.15, 0.2) is 0 Å². The summed E-state index contributed by atoms with van der Waals surface area (Å²) in [5.41, 5.74) is 3.41. The highest BCUT2D eigenvalue weighted by Crippen LogP contribution is 2.46. The molecule has 0 unspecified atom stereocenters. The summed E-state index contributed by atoms with van der Waals surface area (Å²) in [5, 5.41) is 0. The van der Waals surface area contributed by atoms with E-state index in [9.17, 15) is 0 Å². The van der Waals surface area contributed by atoms with E-state index in [1.165, 1.54) is 38.2 Å². The second kappa shape index (κ2) is 5.14. The number of anilines is 1. The Bertz CT molecular complexity index is 438. The van der Waals surface area contributed by atoms with Crippen molar-refractivity contribution in [3.63, 3.8) is 0 Å². The Balaban J connectivity index is 1.74. The first-order chi connectivity index (χ1) is 9.25. The van der Waals surface area contributed by atoms with E-state index in [1.807, 2.05) is 0 Å². The topological polar surface area (TPSA) is 15.7 Å². The maximum atomic E-state index is 5.18. The Morgan fingerprint density at radius 1 is 1.21 bits per heavy atom. The SMILES string of the molecule is COCCN1CCC2(CC1)CN(C)c1ccccc12. The highest BCUT2D eigenvalue weighted by Gasteiger charge is 2.43. The van der Waals surface area contributed by atoms with E-state index in [2.05, 4.69) is 41.1 Å². The Morgan fingerprint density at radius 2 is 1.95 bits per heavy atom. The molecule has 3 rings (SSSR count). The Morgan fingerprint density at radius 3 is 2.68 bits per heavy atom. The minimum atomic E-state index is 0.398. The second-order valence-electron chi connectivity index (χ2n) is 5.99. The number of piperidine rings is 1. The van der Waals surface area contributed by atoms with Crippen LogP contribution < -0.4 is 4.90 Å². The van der Waals surface area contributed by atoms with Crippen LogP contribution in [0.25, 0.3) is 0 Å². The lowest BCUT2D eigenvalue weighted by atomic mass is 9.74. The molecule has 3 nitrogen and oxygen atoms in total. The minimum absolute atomic E-state index is 0.398. The highest BCUT2D eigenvalue weighted by molar-refractivity contribution is 5.62. The zero-order valence-corrected chi connectivity index (χ0v) is 12.1. The van der Waals surface area contributed by atoms with Gasteiger partial charge in [-0.05, 0) is 37.6 Å². The molecule has 2 aliphatic rings. The van der Waals surface area contributed by atoms with E-state index in [0.29, 0.717) is 5.41 Å². The molecule has 1 spiro atoms. The minimum Gasteiger partial charge on any atom is -0.383 e. The predicted molar refractivity (Wildman–Crippen MR) is 78.9 cm³/mol. The van der Waals surface area contributed by atoms with Crippen molar-refractivity contribution >= 4 is 5.69 Å². The van der Waals surface area contributed by atoms with Gasteiger partial charge in [-0.25, -0.2) is 0 Å². The standard InChI is InChI=1S/C16H24N2O/c1-17-13-16(14-5-3-4-6-15(14)17)7-9-18(10-8-16)11-12-19-2/h3-6H,7-13H2,1-2H3. The lowest BCUT2D eigenvalue weighted by Gasteiger charge is -2.39. The summed E-state index contributed by atoms with van der Waals surface area (Å²) in [7, 11) is 4.01. The molecule has 1 aromatic rings. The van der Waals surface area contributed by atoms with Gasteiger partial charge in [0, 0.05) is 38.3 Å². The van der Waals surface area contributed by atoms with Gasteiger partial charge in [0.1, 0.15) is 0 Å². The molecule has 0 aromatic heterocycles. The fourth-order valence-corrected chi connectivity index (χ4v) is 3.73. The number of likely N-dealkylation sites (N-methyl/N-ethyl adjacent to an activating group) is 1. The van der Waals surface area contributed by atoms with Gasteiger partial charge in [0.2, 0.25) is 0 Å². The summed E-state index contributed by atoms with van der Waals surface area (Å²) < 4.78 is 5.18. The first-order valence-electron chi connectivity index (χ1n) is 7.27. The third-order valence-corrected chi connectivity index (χ3v) is 4.85. The van der Waals surface area contributed by atoms with Crippen molar-refractivity contribution in [2.24, 2.45) is 0 Å². The normalized spacial score (nSPS) is 21.9. The Kier molecular flexibility index (Phi) is 3.50. The molecule has 1 saturated heterocycles. The number of rotatable bonds is 3. The van der Waals surface area contributed by atoms with Gasteiger partial charge in [-0.3, -0.25) is 0 Å². The van der Waals surface area contributed by atoms with Gasteiger partial charge in [-0.15, -0.1) is 0 Å². The number of benzene rings is 1. The molecule has 19 heavy (non-hydrogen) atoms. The van der Waals surface area contributed by atoms with Crippen LogP contribution in [0, 0.1) is 0 Å². The van der Waals surface area contributed by atoms with Crippen molar-refractivity contribution < 1.29 is 4.74 Å². The molecule has 0 amide bonds. The molecule has 1 aromatic carbocycles. The molecule has 2 heterocycles. The largest absolute Gasteiger partial charge is 0.383 e. The Hall–Kier alpha value is -1.06. The molecular formula is C16H24N2O. The van der Waals surface area contributed by atoms with Crippen LogP contribution in [0.3, 0.4) is 0 Å². The first kappa shape index (κ1) is 12.9. The quantitative estimate of drug-likeness (QED) is 0.828. The lowest BCUT2D eigenvalue weighted by molar-refractivity contribution is 0.113. The summed E-state index contributed by atoms with van der Waals surface area (Å²) in [5.74, 6) is 0. The third-order valence-electron chi connectivity index (χ3n) is 4.85. The monoisotopic (exact) mass is 260 g/mol. The maximum absolute atomic E-state index is 5.18. The second-order valence-corrected chi connectivity index (χ2v) is 5.99. The van der Waals surface area contributed by atoms with Crippen molar-refractivity contribution in [3.05, 3.63) is 29.8 Å². The molecule has 0 radical (unpaired) electrons. The van der Waals surface area contributed by atoms with Crippen LogP contribution in [0.5, 0.6) is 0 Å². The molecule has 0 saturated carbocycles. The first-order valence-corrected chi connectivity index (χ1v) is 7.27. The zero-order valence-electron chi connectivity index (χ0n) is 12.1. The fraction of sp³-hybridized carbons (Fsp3) is 0.625. The van der Waals surface area contributed by atoms with Gasteiger partial charge in [-0.2, -0.15) is 0 Å². The van der Waals surface area contributed by atoms with E-state index >= 15 is 0 Å². The van der Waals surface area contributed by atoms with E-state index < -0.39 is 0 Å². The van der Waals surface area contributed by atoms with Crippen molar-refractivity contribution in [2.45, 2.75) is 18.3 Å². The molecule has 0 aliphatic carbocycles. The number of para-hydroxylation sites is 1. The number of fused-ring (bicyclic) bond motifs is 2. The molecule has 1 fully saturated rings. The van der Waals surface area contributed by atoms with E-state index in [1.54, 1.807) is 12.7 Å².